The predicted octanol–water partition coefficient (Wildman–Crippen LogP) is 7.84. The first kappa shape index (κ1) is 30.5. The Labute approximate surface area is 219 Å². The molecule has 0 aromatic heterocycles. The van der Waals surface area contributed by atoms with Gasteiger partial charge in [0.15, 0.2) is 0 Å². The molecule has 0 spiro atoms. The first-order valence-electron chi connectivity index (χ1n) is 14.4. The summed E-state index contributed by atoms with van der Waals surface area (Å²) < 4.78 is 15.1. The van der Waals surface area contributed by atoms with Crippen LogP contribution in [0, 0.1) is 0 Å². The summed E-state index contributed by atoms with van der Waals surface area (Å²) in [6, 6.07) is 19.3. The molecule has 0 aliphatic heterocycles. The molecule has 0 saturated heterocycles. The molecule has 4 heteroatoms. The van der Waals surface area contributed by atoms with Gasteiger partial charge in [-0.25, -0.2) is 4.39 Å². The molecule has 2 aromatic carbocycles. The highest BCUT2D eigenvalue weighted by atomic mass is 19.1. The van der Waals surface area contributed by atoms with Gasteiger partial charge in [-0.3, -0.25) is 4.90 Å². The maximum atomic E-state index is 15.1. The van der Waals surface area contributed by atoms with Crippen molar-refractivity contribution in [1.29, 1.82) is 0 Å². The fraction of sp³-hybridized carbons (Fsp3) is 0.625. The molecule has 2 rings (SSSR count). The second-order valence-corrected chi connectivity index (χ2v) is 10.3. The molecule has 0 amide bonds. The molecule has 2 N–H and O–H groups in total. The number of hydrogen-bond acceptors (Lipinski definition) is 3. The molecule has 0 radical (unpaired) electrons. The summed E-state index contributed by atoms with van der Waals surface area (Å²) in [4.78, 5) is 2.00. The van der Waals surface area contributed by atoms with Crippen LogP contribution >= 0.6 is 0 Å². The molecule has 36 heavy (non-hydrogen) atoms. The van der Waals surface area contributed by atoms with Crippen molar-refractivity contribution in [3.8, 4) is 0 Å². The minimum absolute atomic E-state index is 0.278. The molecule has 202 valence electrons. The van der Waals surface area contributed by atoms with E-state index in [1.165, 1.54) is 57.8 Å². The summed E-state index contributed by atoms with van der Waals surface area (Å²) in [6.45, 7) is 3.07. The predicted molar refractivity (Wildman–Crippen MR) is 150 cm³/mol. The van der Waals surface area contributed by atoms with Crippen LogP contribution in [-0.4, -0.2) is 40.0 Å². The second-order valence-electron chi connectivity index (χ2n) is 10.3. The number of rotatable bonds is 21. The van der Waals surface area contributed by atoms with Crippen LogP contribution in [0.15, 0.2) is 60.7 Å². The van der Waals surface area contributed by atoms with E-state index in [-0.39, 0.29) is 6.61 Å². The molecule has 3 nitrogen and oxygen atoms in total. The second kappa shape index (κ2) is 19.4. The number of hydrogen-bond donors (Lipinski definition) is 2. The topological polar surface area (TPSA) is 43.7 Å². The van der Waals surface area contributed by atoms with Crippen molar-refractivity contribution in [2.24, 2.45) is 0 Å². The number of aliphatic hydroxyl groups excluding tert-OH is 2. The summed E-state index contributed by atoms with van der Waals surface area (Å²) >= 11 is 0. The van der Waals surface area contributed by atoms with E-state index in [0.717, 1.165) is 30.4 Å². The van der Waals surface area contributed by atoms with E-state index in [9.17, 15) is 10.2 Å². The van der Waals surface area contributed by atoms with Gasteiger partial charge in [0, 0.05) is 13.1 Å². The van der Waals surface area contributed by atoms with E-state index in [1.807, 2.05) is 65.6 Å². The molecule has 0 unspecified atom stereocenters. The lowest BCUT2D eigenvalue weighted by Gasteiger charge is -2.35. The van der Waals surface area contributed by atoms with Gasteiger partial charge in [0.25, 0.3) is 0 Å². The number of unbranched alkanes of at least 4 members (excludes halogenated alkanes) is 11. The van der Waals surface area contributed by atoms with Crippen LogP contribution in [0.3, 0.4) is 0 Å². The maximum Gasteiger partial charge on any atom is 0.128 e. The van der Waals surface area contributed by atoms with Crippen LogP contribution in [-0.2, 0) is 13.1 Å². The molecular weight excluding hydrogens is 449 g/mol. The fourth-order valence-electron chi connectivity index (χ4n) is 4.96. The summed E-state index contributed by atoms with van der Waals surface area (Å²) in [6.07, 6.45) is 12.6. The number of aliphatic hydroxyl groups is 2. The Hall–Kier alpha value is -1.75. The zero-order valence-corrected chi connectivity index (χ0v) is 22.5. The first-order valence-corrected chi connectivity index (χ1v) is 14.4. The standard InChI is InChI=1S/C32H50FNO2/c1-2-3-4-5-6-7-8-9-10-11-12-19-24-30(33)32(36)31(27-35)34(25-28-20-15-13-16-21-28)26-29-22-17-14-18-23-29/h13-18,20-23,30-32,35-36H,2-12,19,24-27H2,1H3/t30-,31-,32+/m1/s1. The Balaban J connectivity index is 1.75. The minimum Gasteiger partial charge on any atom is -0.395 e. The van der Waals surface area contributed by atoms with E-state index in [0.29, 0.717) is 19.5 Å². The van der Waals surface area contributed by atoms with Crippen LogP contribution < -0.4 is 0 Å². The third kappa shape index (κ3) is 12.5. The van der Waals surface area contributed by atoms with Gasteiger partial charge in [-0.1, -0.05) is 145 Å². The van der Waals surface area contributed by atoms with E-state index in [1.54, 1.807) is 0 Å². The summed E-state index contributed by atoms with van der Waals surface area (Å²) in [5.74, 6) is 0. The lowest BCUT2D eigenvalue weighted by atomic mass is 9.98. The van der Waals surface area contributed by atoms with Gasteiger partial charge in [-0.2, -0.15) is 0 Å². The Morgan fingerprint density at radius 3 is 1.50 bits per heavy atom. The molecule has 0 saturated carbocycles. The number of alkyl halides is 1. The van der Waals surface area contributed by atoms with Gasteiger partial charge in [0.1, 0.15) is 12.3 Å². The van der Waals surface area contributed by atoms with Crippen LogP contribution in [0.4, 0.5) is 4.39 Å². The van der Waals surface area contributed by atoms with Crippen molar-refractivity contribution >= 4 is 0 Å². The third-order valence-electron chi connectivity index (χ3n) is 7.21. The number of benzene rings is 2. The van der Waals surface area contributed by atoms with Crippen LogP contribution in [0.25, 0.3) is 0 Å². The molecular formula is C32H50FNO2. The lowest BCUT2D eigenvalue weighted by molar-refractivity contribution is -0.0352. The average molecular weight is 500 g/mol. The van der Waals surface area contributed by atoms with Crippen molar-refractivity contribution < 1.29 is 14.6 Å². The van der Waals surface area contributed by atoms with Gasteiger partial charge < -0.3 is 10.2 Å². The Morgan fingerprint density at radius 1 is 0.667 bits per heavy atom. The largest absolute Gasteiger partial charge is 0.395 e. The molecule has 0 fully saturated rings. The minimum atomic E-state index is -1.33. The van der Waals surface area contributed by atoms with E-state index in [4.69, 9.17) is 0 Å². The molecule has 0 aliphatic carbocycles. The monoisotopic (exact) mass is 499 g/mol. The Morgan fingerprint density at radius 2 is 1.08 bits per heavy atom. The Bertz CT molecular complexity index is 716. The number of nitrogens with zero attached hydrogens (tertiary/aromatic N) is 1. The van der Waals surface area contributed by atoms with Crippen molar-refractivity contribution in [2.45, 2.75) is 122 Å². The third-order valence-corrected chi connectivity index (χ3v) is 7.21. The number of halogens is 1. The van der Waals surface area contributed by atoms with Gasteiger partial charge >= 0.3 is 0 Å². The normalized spacial score (nSPS) is 14.1. The molecule has 0 heterocycles. The summed E-state index contributed by atoms with van der Waals surface area (Å²) in [5, 5.41) is 21.1. The van der Waals surface area contributed by atoms with Crippen molar-refractivity contribution in [1.82, 2.24) is 4.90 Å². The molecule has 3 atom stereocenters. The molecule has 0 bridgehead atoms. The average Bonchev–Trinajstić information content (AvgIpc) is 2.90. The maximum absolute atomic E-state index is 15.1. The highest BCUT2D eigenvalue weighted by molar-refractivity contribution is 5.17. The smallest absolute Gasteiger partial charge is 0.128 e. The van der Waals surface area contributed by atoms with Crippen LogP contribution in [0.2, 0.25) is 0 Å². The van der Waals surface area contributed by atoms with Gasteiger partial charge in [-0.15, -0.1) is 0 Å². The zero-order chi connectivity index (χ0) is 25.8. The highest BCUT2D eigenvalue weighted by Crippen LogP contribution is 2.21. The lowest BCUT2D eigenvalue weighted by Crippen LogP contribution is -2.49. The van der Waals surface area contributed by atoms with Crippen molar-refractivity contribution in [3.63, 3.8) is 0 Å². The van der Waals surface area contributed by atoms with Crippen molar-refractivity contribution in [2.75, 3.05) is 6.61 Å². The summed E-state index contributed by atoms with van der Waals surface area (Å²) in [7, 11) is 0. The van der Waals surface area contributed by atoms with Crippen LogP contribution in [0.1, 0.15) is 102 Å². The molecule has 0 aliphatic rings. The van der Waals surface area contributed by atoms with Crippen molar-refractivity contribution in [3.05, 3.63) is 71.8 Å². The molecule has 2 aromatic rings. The van der Waals surface area contributed by atoms with Gasteiger partial charge in [0.05, 0.1) is 12.6 Å². The quantitative estimate of drug-likeness (QED) is 0.172. The van der Waals surface area contributed by atoms with Gasteiger partial charge in [0.2, 0.25) is 0 Å². The first-order chi connectivity index (χ1) is 17.7. The van der Waals surface area contributed by atoms with E-state index < -0.39 is 18.3 Å². The Kier molecular flexibility index (Phi) is 16.4. The van der Waals surface area contributed by atoms with Crippen LogP contribution in [0.5, 0.6) is 0 Å². The zero-order valence-electron chi connectivity index (χ0n) is 22.5. The van der Waals surface area contributed by atoms with E-state index >= 15 is 4.39 Å². The summed E-state index contributed by atoms with van der Waals surface area (Å²) in [5.41, 5.74) is 2.16. The highest BCUT2D eigenvalue weighted by Gasteiger charge is 2.31. The van der Waals surface area contributed by atoms with Gasteiger partial charge in [-0.05, 0) is 17.5 Å². The SMILES string of the molecule is CCCCCCCCCCCCCC[C@@H](F)[C@H](O)[C@@H](CO)N(Cc1ccccc1)Cc1ccccc1. The van der Waals surface area contributed by atoms with E-state index in [2.05, 4.69) is 6.92 Å². The fourth-order valence-corrected chi connectivity index (χ4v) is 4.96.